The number of carbonyl (C=O) groups excluding carboxylic acids is 1. The maximum absolute atomic E-state index is 11.7. The van der Waals surface area contributed by atoms with E-state index < -0.39 is 0 Å². The lowest BCUT2D eigenvalue weighted by Gasteiger charge is -2.33. The maximum Gasteiger partial charge on any atom is 0.308 e. The zero-order valence-electron chi connectivity index (χ0n) is 16.2. The van der Waals surface area contributed by atoms with Gasteiger partial charge in [-0.1, -0.05) is 18.2 Å². The highest BCUT2D eigenvalue weighted by Crippen LogP contribution is 2.18. The van der Waals surface area contributed by atoms with Crippen molar-refractivity contribution in [1.29, 1.82) is 0 Å². The van der Waals surface area contributed by atoms with E-state index in [1.54, 1.807) is 6.33 Å². The Hall–Kier alpha value is -2.17. The van der Waals surface area contributed by atoms with E-state index in [9.17, 15) is 4.79 Å². The molecule has 1 saturated heterocycles. The molecule has 152 valence electrons. The van der Waals surface area contributed by atoms with Gasteiger partial charge in [-0.15, -0.1) is 34.2 Å². The van der Waals surface area contributed by atoms with Gasteiger partial charge in [0.25, 0.3) is 0 Å². The number of rotatable bonds is 5. The Morgan fingerprint density at radius 2 is 2.00 bits per heavy atom. The fraction of sp³-hybridized carbons (Fsp3) is 0.474. The number of likely N-dealkylation sites (tertiary alicyclic amines) is 1. The number of halogens is 1. The van der Waals surface area contributed by atoms with Crippen LogP contribution < -0.4 is 5.32 Å². The van der Waals surface area contributed by atoms with Crippen LogP contribution >= 0.6 is 24.0 Å². The van der Waals surface area contributed by atoms with Crippen molar-refractivity contribution >= 4 is 35.9 Å². The van der Waals surface area contributed by atoms with E-state index in [-0.39, 0.29) is 35.9 Å². The number of para-hydroxylation sites is 1. The Morgan fingerprint density at radius 1 is 1.29 bits per heavy atom. The van der Waals surface area contributed by atoms with E-state index in [2.05, 4.69) is 20.4 Å². The summed E-state index contributed by atoms with van der Waals surface area (Å²) in [4.78, 5) is 18.7. The number of hydrogen-bond donors (Lipinski definition) is 1. The molecule has 1 aliphatic rings. The molecule has 0 spiro atoms. The van der Waals surface area contributed by atoms with Crippen LogP contribution in [0, 0.1) is 5.92 Å². The third-order valence-corrected chi connectivity index (χ3v) is 4.69. The Balaban J connectivity index is 0.00000280. The maximum atomic E-state index is 11.7. The molecule has 0 unspecified atom stereocenters. The molecule has 0 radical (unpaired) electrons. The summed E-state index contributed by atoms with van der Waals surface area (Å²) < 4.78 is 6.80. The van der Waals surface area contributed by atoms with E-state index in [0.29, 0.717) is 6.54 Å². The first-order valence-corrected chi connectivity index (χ1v) is 9.28. The number of piperidine rings is 1. The molecule has 1 aromatic carbocycles. The largest absolute Gasteiger partial charge is 0.469 e. The lowest BCUT2D eigenvalue weighted by Crippen LogP contribution is -2.46. The van der Waals surface area contributed by atoms with Crippen LogP contribution in [0.5, 0.6) is 0 Å². The normalized spacial score (nSPS) is 15.1. The average Bonchev–Trinajstić information content (AvgIpc) is 3.20. The predicted octanol–water partition coefficient (Wildman–Crippen LogP) is 2.24. The molecule has 0 amide bonds. The Morgan fingerprint density at radius 3 is 2.64 bits per heavy atom. The molecule has 2 aromatic rings. The zero-order valence-corrected chi connectivity index (χ0v) is 18.6. The molecular formula is C19H27IN6O2. The summed E-state index contributed by atoms with van der Waals surface area (Å²) >= 11 is 0. The van der Waals surface area contributed by atoms with Gasteiger partial charge in [-0.2, -0.15) is 0 Å². The second-order valence-corrected chi connectivity index (χ2v) is 6.41. The smallest absolute Gasteiger partial charge is 0.308 e. The number of nitrogens with one attached hydrogen (secondary N) is 1. The molecule has 0 atom stereocenters. The number of guanidine groups is 1. The summed E-state index contributed by atoms with van der Waals surface area (Å²) in [5, 5.41) is 11.6. The first-order valence-electron chi connectivity index (χ1n) is 9.28. The van der Waals surface area contributed by atoms with E-state index >= 15 is 0 Å². The van der Waals surface area contributed by atoms with Crippen molar-refractivity contribution in [2.75, 3.05) is 26.7 Å². The van der Waals surface area contributed by atoms with Crippen molar-refractivity contribution in [2.24, 2.45) is 10.9 Å². The number of nitrogens with zero attached hydrogens (tertiary/aromatic N) is 5. The fourth-order valence-corrected chi connectivity index (χ4v) is 3.24. The van der Waals surface area contributed by atoms with Crippen molar-refractivity contribution < 1.29 is 9.53 Å². The Kier molecular flexibility index (Phi) is 8.68. The summed E-state index contributed by atoms with van der Waals surface area (Å²) in [7, 11) is 1.45. The van der Waals surface area contributed by atoms with Crippen molar-refractivity contribution in [3.63, 3.8) is 0 Å². The standard InChI is InChI=1S/C19H26N6O2.HI/c1-3-20-19(24-11-9-15(10-12-24)18(26)27-2)21-13-17-23-22-14-25(17)16-7-5-4-6-8-16;/h4-8,14-15H,3,9-13H2,1-2H3,(H,20,21);1H. The molecule has 9 heteroatoms. The van der Waals surface area contributed by atoms with Crippen LogP contribution in [-0.4, -0.2) is 58.3 Å². The highest BCUT2D eigenvalue weighted by molar-refractivity contribution is 14.0. The van der Waals surface area contributed by atoms with Gasteiger partial charge < -0.3 is 15.0 Å². The number of aromatic nitrogens is 3. The van der Waals surface area contributed by atoms with Crippen LogP contribution in [-0.2, 0) is 16.1 Å². The van der Waals surface area contributed by atoms with Gasteiger partial charge in [0.1, 0.15) is 12.9 Å². The number of carbonyl (C=O) groups is 1. The minimum atomic E-state index is -0.118. The number of ether oxygens (including phenoxy) is 1. The van der Waals surface area contributed by atoms with Crippen molar-refractivity contribution in [3.05, 3.63) is 42.5 Å². The van der Waals surface area contributed by atoms with Crippen LogP contribution in [0.3, 0.4) is 0 Å². The summed E-state index contributed by atoms with van der Waals surface area (Å²) in [5.74, 6) is 1.48. The van der Waals surface area contributed by atoms with Crippen molar-refractivity contribution in [2.45, 2.75) is 26.3 Å². The van der Waals surface area contributed by atoms with Gasteiger partial charge in [-0.05, 0) is 31.9 Å². The summed E-state index contributed by atoms with van der Waals surface area (Å²) in [5.41, 5.74) is 1.01. The molecule has 1 aromatic heterocycles. The van der Waals surface area contributed by atoms with E-state index in [0.717, 1.165) is 49.9 Å². The SMILES string of the molecule is CCNC(=NCc1nncn1-c1ccccc1)N1CCC(C(=O)OC)CC1.I. The Bertz CT molecular complexity index is 772. The van der Waals surface area contributed by atoms with Crippen LogP contribution in [0.1, 0.15) is 25.6 Å². The Labute approximate surface area is 182 Å². The first kappa shape index (κ1) is 22.1. The summed E-state index contributed by atoms with van der Waals surface area (Å²) in [6.07, 6.45) is 3.25. The molecule has 0 aliphatic carbocycles. The highest BCUT2D eigenvalue weighted by Gasteiger charge is 2.27. The van der Waals surface area contributed by atoms with Crippen LogP contribution in [0.25, 0.3) is 5.69 Å². The molecule has 8 nitrogen and oxygen atoms in total. The quantitative estimate of drug-likeness (QED) is 0.295. The van der Waals surface area contributed by atoms with Crippen LogP contribution in [0.2, 0.25) is 0 Å². The van der Waals surface area contributed by atoms with Crippen molar-refractivity contribution in [3.8, 4) is 5.69 Å². The lowest BCUT2D eigenvalue weighted by molar-refractivity contribution is -0.146. The molecule has 1 fully saturated rings. The predicted molar refractivity (Wildman–Crippen MR) is 118 cm³/mol. The molecule has 1 N–H and O–H groups in total. The first-order chi connectivity index (χ1) is 13.2. The molecule has 2 heterocycles. The molecule has 1 aliphatic heterocycles. The van der Waals surface area contributed by atoms with Gasteiger partial charge in [-0.25, -0.2) is 4.99 Å². The monoisotopic (exact) mass is 498 g/mol. The minimum absolute atomic E-state index is 0. The molecule has 0 bridgehead atoms. The minimum Gasteiger partial charge on any atom is -0.469 e. The lowest BCUT2D eigenvalue weighted by atomic mass is 9.97. The molecule has 28 heavy (non-hydrogen) atoms. The number of esters is 1. The molecule has 0 saturated carbocycles. The fourth-order valence-electron chi connectivity index (χ4n) is 3.24. The molecular weight excluding hydrogens is 471 g/mol. The number of hydrogen-bond acceptors (Lipinski definition) is 5. The van der Waals surface area contributed by atoms with Gasteiger partial charge in [0.15, 0.2) is 11.8 Å². The zero-order chi connectivity index (χ0) is 19.1. The van der Waals surface area contributed by atoms with Crippen molar-refractivity contribution in [1.82, 2.24) is 25.0 Å². The average molecular weight is 498 g/mol. The van der Waals surface area contributed by atoms with Crippen LogP contribution in [0.4, 0.5) is 0 Å². The van der Waals surface area contributed by atoms with E-state index in [1.165, 1.54) is 7.11 Å². The third-order valence-electron chi connectivity index (χ3n) is 4.69. The van der Waals surface area contributed by atoms with Gasteiger partial charge in [0.05, 0.1) is 13.0 Å². The third kappa shape index (κ3) is 5.43. The van der Waals surface area contributed by atoms with E-state index in [1.807, 2.05) is 41.8 Å². The highest BCUT2D eigenvalue weighted by atomic mass is 127. The van der Waals surface area contributed by atoms with Gasteiger partial charge >= 0.3 is 5.97 Å². The number of methoxy groups -OCH3 is 1. The van der Waals surface area contributed by atoms with Crippen LogP contribution in [0.15, 0.2) is 41.7 Å². The van der Waals surface area contributed by atoms with Gasteiger partial charge in [0, 0.05) is 25.3 Å². The number of benzene rings is 1. The topological polar surface area (TPSA) is 84.6 Å². The van der Waals surface area contributed by atoms with Gasteiger partial charge in [-0.3, -0.25) is 9.36 Å². The summed E-state index contributed by atoms with van der Waals surface area (Å²) in [6, 6.07) is 9.97. The summed E-state index contributed by atoms with van der Waals surface area (Å²) in [6.45, 7) is 4.80. The second-order valence-electron chi connectivity index (χ2n) is 6.41. The number of aliphatic imine (C=N–C) groups is 1. The van der Waals surface area contributed by atoms with Gasteiger partial charge in [0.2, 0.25) is 0 Å². The van der Waals surface area contributed by atoms with E-state index in [4.69, 9.17) is 9.73 Å². The second kappa shape index (κ2) is 11.0. The molecule has 3 rings (SSSR count).